The topological polar surface area (TPSA) is 55.4 Å². The highest BCUT2D eigenvalue weighted by Gasteiger charge is 2.24. The molecule has 1 fully saturated rings. The van der Waals surface area contributed by atoms with Crippen LogP contribution >= 0.6 is 15.9 Å². The molecule has 2 rings (SSSR count). The highest BCUT2D eigenvalue weighted by Crippen LogP contribution is 2.29. The molecule has 0 spiro atoms. The van der Waals surface area contributed by atoms with Crippen LogP contribution in [0.2, 0.25) is 0 Å². The molecular formula is C14H20BrNO3S. The first-order valence-electron chi connectivity index (χ1n) is 6.78. The molecule has 0 unspecified atom stereocenters. The van der Waals surface area contributed by atoms with Gasteiger partial charge in [0.15, 0.2) is 0 Å². The van der Waals surface area contributed by atoms with Crippen LogP contribution in [-0.4, -0.2) is 21.6 Å². The number of rotatable bonds is 4. The molecular weight excluding hydrogens is 342 g/mol. The SMILES string of the molecule is COc1ccc(S(=O)(=O)NC2CCC(C)CC2)cc1Br. The first kappa shape index (κ1) is 15.8. The van der Waals surface area contributed by atoms with Gasteiger partial charge in [-0.15, -0.1) is 0 Å². The molecule has 0 aliphatic heterocycles. The van der Waals surface area contributed by atoms with Crippen LogP contribution in [0.25, 0.3) is 0 Å². The number of nitrogens with one attached hydrogen (secondary N) is 1. The van der Waals surface area contributed by atoms with E-state index in [0.29, 0.717) is 16.1 Å². The zero-order valence-corrected chi connectivity index (χ0v) is 14.1. The number of sulfonamides is 1. The van der Waals surface area contributed by atoms with Crippen molar-refractivity contribution in [3.8, 4) is 5.75 Å². The Kier molecular flexibility index (Phi) is 5.09. The van der Waals surface area contributed by atoms with Gasteiger partial charge in [-0.25, -0.2) is 13.1 Å². The van der Waals surface area contributed by atoms with Crippen LogP contribution in [0, 0.1) is 5.92 Å². The molecule has 1 aromatic carbocycles. The standard InChI is InChI=1S/C14H20BrNO3S/c1-10-3-5-11(6-4-10)16-20(17,18)12-7-8-14(19-2)13(15)9-12/h7-11,16H,3-6H2,1-2H3. The lowest BCUT2D eigenvalue weighted by Gasteiger charge is -2.26. The Bertz CT molecular complexity index is 566. The molecule has 4 nitrogen and oxygen atoms in total. The van der Waals surface area contributed by atoms with E-state index in [4.69, 9.17) is 4.74 Å². The highest BCUT2D eigenvalue weighted by atomic mass is 79.9. The van der Waals surface area contributed by atoms with Gasteiger partial charge in [0.05, 0.1) is 16.5 Å². The van der Waals surface area contributed by atoms with E-state index in [0.717, 1.165) is 25.7 Å². The van der Waals surface area contributed by atoms with Gasteiger partial charge >= 0.3 is 0 Å². The van der Waals surface area contributed by atoms with Crippen molar-refractivity contribution < 1.29 is 13.2 Å². The van der Waals surface area contributed by atoms with Gasteiger partial charge in [0.1, 0.15) is 5.75 Å². The van der Waals surface area contributed by atoms with Gasteiger partial charge in [-0.05, 0) is 65.7 Å². The van der Waals surface area contributed by atoms with E-state index in [1.165, 1.54) is 0 Å². The quantitative estimate of drug-likeness (QED) is 0.894. The van der Waals surface area contributed by atoms with Crippen LogP contribution in [0.15, 0.2) is 27.6 Å². The molecule has 0 aromatic heterocycles. The predicted octanol–water partition coefficient (Wildman–Crippen LogP) is 3.31. The van der Waals surface area contributed by atoms with Gasteiger partial charge in [-0.3, -0.25) is 0 Å². The molecule has 0 saturated heterocycles. The molecule has 0 heterocycles. The minimum atomic E-state index is -3.46. The summed E-state index contributed by atoms with van der Waals surface area (Å²) in [7, 11) is -1.91. The summed E-state index contributed by atoms with van der Waals surface area (Å²) in [6.07, 6.45) is 3.99. The van der Waals surface area contributed by atoms with Crippen LogP contribution in [0.4, 0.5) is 0 Å². The van der Waals surface area contributed by atoms with Crippen molar-refractivity contribution in [3.05, 3.63) is 22.7 Å². The second-order valence-electron chi connectivity index (χ2n) is 5.37. The fourth-order valence-corrected chi connectivity index (χ4v) is 4.50. The van der Waals surface area contributed by atoms with E-state index in [1.54, 1.807) is 25.3 Å². The average molecular weight is 362 g/mol. The second kappa shape index (κ2) is 6.45. The Morgan fingerprint density at radius 3 is 2.45 bits per heavy atom. The van der Waals surface area contributed by atoms with Gasteiger partial charge in [0, 0.05) is 6.04 Å². The molecule has 0 amide bonds. The summed E-state index contributed by atoms with van der Waals surface area (Å²) >= 11 is 3.32. The van der Waals surface area contributed by atoms with Crippen LogP contribution in [-0.2, 0) is 10.0 Å². The molecule has 1 aromatic rings. The molecule has 20 heavy (non-hydrogen) atoms. The van der Waals surface area contributed by atoms with Crippen molar-refractivity contribution in [1.82, 2.24) is 4.72 Å². The molecule has 1 N–H and O–H groups in total. The highest BCUT2D eigenvalue weighted by molar-refractivity contribution is 9.10. The first-order valence-corrected chi connectivity index (χ1v) is 9.06. The normalized spacial score (nSPS) is 23.6. The van der Waals surface area contributed by atoms with Crippen LogP contribution < -0.4 is 9.46 Å². The molecule has 1 aliphatic rings. The van der Waals surface area contributed by atoms with Crippen molar-refractivity contribution in [3.63, 3.8) is 0 Å². The van der Waals surface area contributed by atoms with Crippen LogP contribution in [0.3, 0.4) is 0 Å². The molecule has 0 bridgehead atoms. The Morgan fingerprint density at radius 2 is 1.90 bits per heavy atom. The van der Waals surface area contributed by atoms with Crippen molar-refractivity contribution in [2.75, 3.05) is 7.11 Å². The Balaban J connectivity index is 2.12. The maximum atomic E-state index is 12.4. The van der Waals surface area contributed by atoms with Crippen LogP contribution in [0.5, 0.6) is 5.75 Å². The fourth-order valence-electron chi connectivity index (χ4n) is 2.48. The van der Waals surface area contributed by atoms with E-state index < -0.39 is 10.0 Å². The third-order valence-corrected chi connectivity index (χ3v) is 5.91. The summed E-state index contributed by atoms with van der Waals surface area (Å²) in [5.41, 5.74) is 0. The molecule has 0 atom stereocenters. The third-order valence-electron chi connectivity index (χ3n) is 3.77. The molecule has 1 saturated carbocycles. The van der Waals surface area contributed by atoms with E-state index in [1.807, 2.05) is 0 Å². The van der Waals surface area contributed by atoms with E-state index >= 15 is 0 Å². The number of ether oxygens (including phenoxy) is 1. The number of hydrogen-bond acceptors (Lipinski definition) is 3. The minimum absolute atomic E-state index is 0.0528. The number of hydrogen-bond donors (Lipinski definition) is 1. The maximum Gasteiger partial charge on any atom is 0.240 e. The monoisotopic (exact) mass is 361 g/mol. The summed E-state index contributed by atoms with van der Waals surface area (Å²) in [5, 5.41) is 0. The lowest BCUT2D eigenvalue weighted by molar-refractivity contribution is 0.332. The minimum Gasteiger partial charge on any atom is -0.496 e. The van der Waals surface area contributed by atoms with Gasteiger partial charge < -0.3 is 4.74 Å². The summed E-state index contributed by atoms with van der Waals surface area (Å²) in [4.78, 5) is 0.267. The van der Waals surface area contributed by atoms with E-state index in [2.05, 4.69) is 27.6 Å². The van der Waals surface area contributed by atoms with Gasteiger partial charge in [-0.1, -0.05) is 6.92 Å². The third kappa shape index (κ3) is 3.74. The van der Waals surface area contributed by atoms with Crippen molar-refractivity contribution in [1.29, 1.82) is 0 Å². The summed E-state index contributed by atoms with van der Waals surface area (Å²) in [6, 6.07) is 4.85. The number of benzene rings is 1. The van der Waals surface area contributed by atoms with E-state index in [-0.39, 0.29) is 10.9 Å². The van der Waals surface area contributed by atoms with Gasteiger partial charge in [0.2, 0.25) is 10.0 Å². The van der Waals surface area contributed by atoms with Gasteiger partial charge in [0.25, 0.3) is 0 Å². The fraction of sp³-hybridized carbons (Fsp3) is 0.571. The number of methoxy groups -OCH3 is 1. The van der Waals surface area contributed by atoms with Gasteiger partial charge in [-0.2, -0.15) is 0 Å². The lowest BCUT2D eigenvalue weighted by atomic mass is 9.88. The molecule has 1 aliphatic carbocycles. The predicted molar refractivity (Wildman–Crippen MR) is 82.4 cm³/mol. The van der Waals surface area contributed by atoms with Crippen molar-refractivity contribution in [2.24, 2.45) is 5.92 Å². The summed E-state index contributed by atoms with van der Waals surface area (Å²) < 4.78 is 33.3. The summed E-state index contributed by atoms with van der Waals surface area (Å²) in [6.45, 7) is 2.21. The summed E-state index contributed by atoms with van der Waals surface area (Å²) in [5.74, 6) is 1.32. The number of halogens is 1. The van der Waals surface area contributed by atoms with E-state index in [9.17, 15) is 8.42 Å². The molecule has 0 radical (unpaired) electrons. The second-order valence-corrected chi connectivity index (χ2v) is 7.94. The zero-order valence-electron chi connectivity index (χ0n) is 11.7. The van der Waals surface area contributed by atoms with Crippen molar-refractivity contribution >= 4 is 26.0 Å². The Morgan fingerprint density at radius 1 is 1.25 bits per heavy atom. The molecule has 112 valence electrons. The van der Waals surface area contributed by atoms with Crippen LogP contribution in [0.1, 0.15) is 32.6 Å². The maximum absolute atomic E-state index is 12.4. The molecule has 6 heteroatoms. The smallest absolute Gasteiger partial charge is 0.240 e. The lowest BCUT2D eigenvalue weighted by Crippen LogP contribution is -2.37. The first-order chi connectivity index (χ1) is 9.42. The van der Waals surface area contributed by atoms with Crippen molar-refractivity contribution in [2.45, 2.75) is 43.5 Å². The zero-order chi connectivity index (χ0) is 14.8. The Hall–Kier alpha value is -0.590. The Labute approximate surface area is 129 Å². The average Bonchev–Trinajstić information content (AvgIpc) is 2.41. The largest absolute Gasteiger partial charge is 0.496 e.